The number of aromatic nitrogens is 1. The van der Waals surface area contributed by atoms with E-state index in [1.807, 2.05) is 17.0 Å². The number of likely N-dealkylation sites (N-methyl/N-ethyl adjacent to an activating group) is 1. The van der Waals surface area contributed by atoms with E-state index >= 15 is 0 Å². The number of amides is 1. The number of nitrogens with zero attached hydrogens (tertiary/aromatic N) is 3. The average molecular weight is 371 g/mol. The van der Waals surface area contributed by atoms with E-state index < -0.39 is 6.04 Å². The van der Waals surface area contributed by atoms with Gasteiger partial charge in [0.1, 0.15) is 11.9 Å². The molecular weight excluding hydrogens is 345 g/mol. The van der Waals surface area contributed by atoms with Crippen molar-refractivity contribution in [1.29, 1.82) is 0 Å². The van der Waals surface area contributed by atoms with Crippen molar-refractivity contribution in [3.8, 4) is 0 Å². The van der Waals surface area contributed by atoms with Crippen molar-refractivity contribution in [2.45, 2.75) is 31.6 Å². The number of likely N-dealkylation sites (tertiary alicyclic amines) is 1. The minimum absolute atomic E-state index is 0.0594. The molecule has 2 heterocycles. The van der Waals surface area contributed by atoms with Gasteiger partial charge < -0.3 is 9.64 Å². The molecule has 1 aliphatic rings. The maximum Gasteiger partial charge on any atom is 0.244 e. The van der Waals surface area contributed by atoms with Gasteiger partial charge in [0.25, 0.3) is 0 Å². The third-order valence-electron chi connectivity index (χ3n) is 4.91. The number of benzene rings is 1. The van der Waals surface area contributed by atoms with Crippen LogP contribution in [0.2, 0.25) is 0 Å². The van der Waals surface area contributed by atoms with Crippen molar-refractivity contribution >= 4 is 5.91 Å². The van der Waals surface area contributed by atoms with E-state index in [-0.39, 0.29) is 17.8 Å². The summed E-state index contributed by atoms with van der Waals surface area (Å²) in [6.45, 7) is 1.77. The standard InChI is InChI=1S/C21H26FN3O2/c1-24(2)20(18-7-3-4-8-19(18)22)21(26)25-12-9-17(10-13-25)27-15-16-6-5-11-23-14-16/h3-8,11,14,17,20H,9-10,12-13,15H2,1-2H3/t20-/m0/s1. The van der Waals surface area contributed by atoms with Crippen molar-refractivity contribution in [2.75, 3.05) is 27.2 Å². The van der Waals surface area contributed by atoms with Gasteiger partial charge in [-0.2, -0.15) is 0 Å². The van der Waals surface area contributed by atoms with E-state index in [0.717, 1.165) is 18.4 Å². The van der Waals surface area contributed by atoms with Crippen LogP contribution in [-0.4, -0.2) is 54.0 Å². The van der Waals surface area contributed by atoms with Crippen LogP contribution in [0.15, 0.2) is 48.8 Å². The Kier molecular flexibility index (Phi) is 6.53. The monoisotopic (exact) mass is 371 g/mol. The van der Waals surface area contributed by atoms with E-state index in [9.17, 15) is 9.18 Å². The first-order chi connectivity index (χ1) is 13.1. The molecule has 0 spiro atoms. The third kappa shape index (κ3) is 4.90. The molecule has 0 radical (unpaired) electrons. The quantitative estimate of drug-likeness (QED) is 0.783. The van der Waals surface area contributed by atoms with Crippen molar-refractivity contribution in [1.82, 2.24) is 14.8 Å². The highest BCUT2D eigenvalue weighted by molar-refractivity contribution is 5.83. The van der Waals surface area contributed by atoms with E-state index in [1.165, 1.54) is 6.07 Å². The van der Waals surface area contributed by atoms with Crippen LogP contribution in [0.5, 0.6) is 0 Å². The van der Waals surface area contributed by atoms with Crippen LogP contribution in [0, 0.1) is 5.82 Å². The summed E-state index contributed by atoms with van der Waals surface area (Å²) in [6.07, 6.45) is 5.23. The Morgan fingerprint density at radius 1 is 1.26 bits per heavy atom. The summed E-state index contributed by atoms with van der Waals surface area (Å²) >= 11 is 0. The van der Waals surface area contributed by atoms with Crippen molar-refractivity contribution in [3.05, 3.63) is 65.7 Å². The first kappa shape index (κ1) is 19.5. The lowest BCUT2D eigenvalue weighted by atomic mass is 10.0. The zero-order chi connectivity index (χ0) is 19.2. The Labute approximate surface area is 159 Å². The van der Waals surface area contributed by atoms with Crippen LogP contribution in [0.25, 0.3) is 0 Å². The van der Waals surface area contributed by atoms with Crippen molar-refractivity contribution in [2.24, 2.45) is 0 Å². The van der Waals surface area contributed by atoms with Gasteiger partial charge >= 0.3 is 0 Å². The van der Waals surface area contributed by atoms with E-state index in [0.29, 0.717) is 25.3 Å². The first-order valence-electron chi connectivity index (χ1n) is 9.26. The molecule has 1 aromatic heterocycles. The van der Waals surface area contributed by atoms with Crippen LogP contribution < -0.4 is 0 Å². The van der Waals surface area contributed by atoms with E-state index in [1.54, 1.807) is 49.6 Å². The number of halogens is 1. The van der Waals surface area contributed by atoms with Crippen LogP contribution in [-0.2, 0) is 16.1 Å². The molecule has 27 heavy (non-hydrogen) atoms. The summed E-state index contributed by atoms with van der Waals surface area (Å²) in [4.78, 5) is 20.7. The maximum atomic E-state index is 14.2. The topological polar surface area (TPSA) is 45.7 Å². The third-order valence-corrected chi connectivity index (χ3v) is 4.91. The summed E-state index contributed by atoms with van der Waals surface area (Å²) in [5.74, 6) is -0.407. The molecule has 1 atom stereocenters. The SMILES string of the molecule is CN(C)[C@H](C(=O)N1CCC(OCc2cccnc2)CC1)c1ccccc1F. The lowest BCUT2D eigenvalue weighted by Gasteiger charge is -2.36. The number of carbonyl (C=O) groups excluding carboxylic acids is 1. The van der Waals surface area contributed by atoms with Gasteiger partial charge in [-0.05, 0) is 44.6 Å². The van der Waals surface area contributed by atoms with Gasteiger partial charge in [-0.15, -0.1) is 0 Å². The number of rotatable bonds is 6. The molecule has 1 fully saturated rings. The van der Waals surface area contributed by atoms with Gasteiger partial charge in [0.2, 0.25) is 5.91 Å². The molecule has 6 heteroatoms. The zero-order valence-corrected chi connectivity index (χ0v) is 15.8. The summed E-state index contributed by atoms with van der Waals surface area (Å²) in [5.41, 5.74) is 1.46. The van der Waals surface area contributed by atoms with Crippen LogP contribution in [0.1, 0.15) is 30.0 Å². The Balaban J connectivity index is 1.57. The fourth-order valence-corrected chi connectivity index (χ4v) is 3.44. The number of hydrogen-bond donors (Lipinski definition) is 0. The van der Waals surface area contributed by atoms with Gasteiger partial charge in [0.05, 0.1) is 12.7 Å². The van der Waals surface area contributed by atoms with Gasteiger partial charge in [-0.25, -0.2) is 4.39 Å². The second kappa shape index (κ2) is 9.06. The van der Waals surface area contributed by atoms with Crippen LogP contribution in [0.4, 0.5) is 4.39 Å². The second-order valence-electron chi connectivity index (χ2n) is 7.08. The molecule has 1 aromatic carbocycles. The number of carbonyl (C=O) groups is 1. The van der Waals surface area contributed by atoms with E-state index in [4.69, 9.17) is 4.74 Å². The Morgan fingerprint density at radius 3 is 2.63 bits per heavy atom. The predicted octanol–water partition coefficient (Wildman–Crippen LogP) is 3.03. The minimum Gasteiger partial charge on any atom is -0.373 e. The lowest BCUT2D eigenvalue weighted by Crippen LogP contribution is -2.46. The molecule has 1 aliphatic heterocycles. The summed E-state index contributed by atoms with van der Waals surface area (Å²) in [5, 5.41) is 0. The predicted molar refractivity (Wildman–Crippen MR) is 101 cm³/mol. The summed E-state index contributed by atoms with van der Waals surface area (Å²) < 4.78 is 20.2. The molecule has 0 N–H and O–H groups in total. The molecule has 0 bridgehead atoms. The highest BCUT2D eigenvalue weighted by Gasteiger charge is 2.32. The Hall–Kier alpha value is -2.31. The van der Waals surface area contributed by atoms with Crippen LogP contribution >= 0.6 is 0 Å². The van der Waals surface area contributed by atoms with Crippen LogP contribution in [0.3, 0.4) is 0 Å². The fourth-order valence-electron chi connectivity index (χ4n) is 3.44. The highest BCUT2D eigenvalue weighted by atomic mass is 19.1. The minimum atomic E-state index is -0.612. The fraction of sp³-hybridized carbons (Fsp3) is 0.429. The molecule has 1 saturated heterocycles. The van der Waals surface area contributed by atoms with Crippen molar-refractivity contribution in [3.63, 3.8) is 0 Å². The van der Waals surface area contributed by atoms with Gasteiger partial charge in [0.15, 0.2) is 0 Å². The molecule has 0 aliphatic carbocycles. The molecule has 3 rings (SSSR count). The highest BCUT2D eigenvalue weighted by Crippen LogP contribution is 2.26. The molecular formula is C21H26FN3O2. The van der Waals surface area contributed by atoms with Gasteiger partial charge in [-0.3, -0.25) is 14.7 Å². The molecule has 5 nitrogen and oxygen atoms in total. The number of hydrogen-bond acceptors (Lipinski definition) is 4. The van der Waals surface area contributed by atoms with Gasteiger partial charge in [0, 0.05) is 31.0 Å². The summed E-state index contributed by atoms with van der Waals surface area (Å²) in [7, 11) is 3.61. The number of ether oxygens (including phenoxy) is 1. The zero-order valence-electron chi connectivity index (χ0n) is 15.8. The molecule has 144 valence electrons. The maximum absolute atomic E-state index is 14.2. The Bertz CT molecular complexity index is 746. The molecule has 2 aromatic rings. The lowest BCUT2D eigenvalue weighted by molar-refractivity contribution is -0.139. The normalized spacial score (nSPS) is 16.5. The molecule has 1 amide bonds. The van der Waals surface area contributed by atoms with Crippen molar-refractivity contribution < 1.29 is 13.9 Å². The largest absolute Gasteiger partial charge is 0.373 e. The number of piperidine rings is 1. The number of pyridine rings is 1. The molecule has 0 unspecified atom stereocenters. The second-order valence-corrected chi connectivity index (χ2v) is 7.08. The molecule has 0 saturated carbocycles. The summed E-state index contributed by atoms with van der Waals surface area (Å²) in [6, 6.07) is 9.76. The van der Waals surface area contributed by atoms with Gasteiger partial charge in [-0.1, -0.05) is 24.3 Å². The smallest absolute Gasteiger partial charge is 0.244 e. The average Bonchev–Trinajstić information content (AvgIpc) is 2.69. The van der Waals surface area contributed by atoms with E-state index in [2.05, 4.69) is 4.98 Å². The first-order valence-corrected chi connectivity index (χ1v) is 9.26. The Morgan fingerprint density at radius 2 is 2.00 bits per heavy atom.